The lowest BCUT2D eigenvalue weighted by Gasteiger charge is -2.13. The lowest BCUT2D eigenvalue weighted by molar-refractivity contribution is -0.138. The molecule has 0 spiro atoms. The van der Waals surface area contributed by atoms with Gasteiger partial charge in [-0.05, 0) is 32.0 Å². The highest BCUT2D eigenvalue weighted by Crippen LogP contribution is 2.36. The molecule has 19 heavy (non-hydrogen) atoms. The summed E-state index contributed by atoms with van der Waals surface area (Å²) in [7, 11) is 0. The van der Waals surface area contributed by atoms with E-state index in [2.05, 4.69) is 21.2 Å². The van der Waals surface area contributed by atoms with Gasteiger partial charge < -0.3 is 10.1 Å². The molecule has 0 aliphatic heterocycles. The fourth-order valence-corrected chi connectivity index (χ4v) is 1.80. The van der Waals surface area contributed by atoms with Gasteiger partial charge in [0.2, 0.25) is 0 Å². The van der Waals surface area contributed by atoms with E-state index in [4.69, 9.17) is 4.74 Å². The van der Waals surface area contributed by atoms with Crippen molar-refractivity contribution in [3.05, 3.63) is 28.2 Å². The molecule has 0 fully saturated rings. The maximum absolute atomic E-state index is 12.6. The molecule has 1 amide bonds. The fourth-order valence-electron chi connectivity index (χ4n) is 1.32. The van der Waals surface area contributed by atoms with Crippen molar-refractivity contribution in [2.24, 2.45) is 0 Å². The first-order chi connectivity index (χ1) is 8.70. The van der Waals surface area contributed by atoms with Crippen molar-refractivity contribution < 1.29 is 22.7 Å². The van der Waals surface area contributed by atoms with Crippen molar-refractivity contribution in [3.63, 3.8) is 0 Å². The topological polar surface area (TPSA) is 38.3 Å². The van der Waals surface area contributed by atoms with Crippen molar-refractivity contribution >= 4 is 21.8 Å². The van der Waals surface area contributed by atoms with E-state index in [0.29, 0.717) is 0 Å². The second-order valence-corrected chi connectivity index (χ2v) is 5.00. The minimum Gasteiger partial charge on any atom is -0.484 e. The van der Waals surface area contributed by atoms with Crippen molar-refractivity contribution in [3.8, 4) is 5.75 Å². The zero-order chi connectivity index (χ0) is 14.6. The van der Waals surface area contributed by atoms with Gasteiger partial charge in [-0.1, -0.05) is 15.9 Å². The highest BCUT2D eigenvalue weighted by atomic mass is 79.9. The largest absolute Gasteiger partial charge is 0.484 e. The minimum atomic E-state index is -4.47. The summed E-state index contributed by atoms with van der Waals surface area (Å²) in [5, 5.41) is 2.57. The van der Waals surface area contributed by atoms with Crippen LogP contribution in [0.15, 0.2) is 22.7 Å². The molecular weight excluding hydrogens is 327 g/mol. The Morgan fingerprint density at radius 3 is 2.58 bits per heavy atom. The van der Waals surface area contributed by atoms with Gasteiger partial charge in [0.05, 0.1) is 5.56 Å². The Labute approximate surface area is 117 Å². The standard InChI is InChI=1S/C12H13BrF3NO2/c1-7(2)17-11(18)6-19-8-3-4-10(13)9(5-8)12(14,15)16/h3-5,7H,6H2,1-2H3,(H,17,18). The molecule has 1 aromatic carbocycles. The van der Waals surface area contributed by atoms with Crippen LogP contribution < -0.4 is 10.1 Å². The second kappa shape index (κ2) is 6.27. The average molecular weight is 340 g/mol. The Balaban J connectivity index is 2.73. The molecule has 1 rings (SSSR count). The van der Waals surface area contributed by atoms with Crippen LogP contribution in [0, 0.1) is 0 Å². The minimum absolute atomic E-state index is 0.00516. The SMILES string of the molecule is CC(C)NC(=O)COc1ccc(Br)c(C(F)(F)F)c1. The van der Waals surface area contributed by atoms with E-state index in [0.717, 1.165) is 6.07 Å². The summed E-state index contributed by atoms with van der Waals surface area (Å²) in [4.78, 5) is 11.3. The van der Waals surface area contributed by atoms with Crippen molar-refractivity contribution in [2.45, 2.75) is 26.1 Å². The molecule has 0 bridgehead atoms. The number of carbonyl (C=O) groups excluding carboxylic acids is 1. The van der Waals surface area contributed by atoms with Crippen molar-refractivity contribution in [2.75, 3.05) is 6.61 Å². The number of alkyl halides is 3. The molecular formula is C12H13BrF3NO2. The number of rotatable bonds is 4. The molecule has 0 radical (unpaired) electrons. The number of hydrogen-bond donors (Lipinski definition) is 1. The molecule has 0 saturated carbocycles. The average Bonchev–Trinajstić information content (AvgIpc) is 2.25. The number of ether oxygens (including phenoxy) is 1. The molecule has 1 N–H and O–H groups in total. The molecule has 0 atom stereocenters. The lowest BCUT2D eigenvalue weighted by atomic mass is 10.2. The summed E-state index contributed by atoms with van der Waals surface area (Å²) in [6.45, 7) is 3.23. The van der Waals surface area contributed by atoms with E-state index in [1.807, 2.05) is 0 Å². The zero-order valence-corrected chi connectivity index (χ0v) is 11.9. The van der Waals surface area contributed by atoms with Gasteiger partial charge in [-0.15, -0.1) is 0 Å². The normalized spacial score (nSPS) is 11.5. The third-order valence-electron chi connectivity index (χ3n) is 2.06. The predicted octanol–water partition coefficient (Wildman–Crippen LogP) is 3.37. The first kappa shape index (κ1) is 15.8. The predicted molar refractivity (Wildman–Crippen MR) is 67.9 cm³/mol. The Bertz CT molecular complexity index is 461. The summed E-state index contributed by atoms with van der Waals surface area (Å²) in [6.07, 6.45) is -4.47. The van der Waals surface area contributed by atoms with E-state index in [-0.39, 0.29) is 28.8 Å². The Morgan fingerprint density at radius 1 is 1.42 bits per heavy atom. The molecule has 0 heterocycles. The summed E-state index contributed by atoms with van der Waals surface area (Å²) >= 11 is 2.82. The Morgan fingerprint density at radius 2 is 2.05 bits per heavy atom. The fraction of sp³-hybridized carbons (Fsp3) is 0.417. The van der Waals surface area contributed by atoms with Crippen LogP contribution in [0.1, 0.15) is 19.4 Å². The van der Waals surface area contributed by atoms with Crippen LogP contribution >= 0.6 is 15.9 Å². The Hall–Kier alpha value is -1.24. The number of amides is 1. The van der Waals surface area contributed by atoms with Gasteiger partial charge in [0.15, 0.2) is 6.61 Å². The maximum Gasteiger partial charge on any atom is 0.417 e. The monoisotopic (exact) mass is 339 g/mol. The molecule has 3 nitrogen and oxygen atoms in total. The summed E-state index contributed by atoms with van der Waals surface area (Å²) in [6, 6.07) is 3.40. The third-order valence-corrected chi connectivity index (χ3v) is 2.75. The van der Waals surface area contributed by atoms with Crippen LogP contribution in [0.4, 0.5) is 13.2 Å². The van der Waals surface area contributed by atoms with Gasteiger partial charge in [0.25, 0.3) is 5.91 Å². The third kappa shape index (κ3) is 5.10. The second-order valence-electron chi connectivity index (χ2n) is 4.15. The van der Waals surface area contributed by atoms with Gasteiger partial charge >= 0.3 is 6.18 Å². The van der Waals surface area contributed by atoms with E-state index >= 15 is 0 Å². The molecule has 106 valence electrons. The lowest BCUT2D eigenvalue weighted by Crippen LogP contribution is -2.34. The van der Waals surface area contributed by atoms with Gasteiger partial charge in [-0.3, -0.25) is 4.79 Å². The van der Waals surface area contributed by atoms with E-state index < -0.39 is 11.7 Å². The van der Waals surface area contributed by atoms with Crippen LogP contribution in [0.25, 0.3) is 0 Å². The van der Waals surface area contributed by atoms with Gasteiger partial charge in [0, 0.05) is 10.5 Å². The van der Waals surface area contributed by atoms with Crippen LogP contribution in [0.3, 0.4) is 0 Å². The number of benzene rings is 1. The molecule has 0 unspecified atom stereocenters. The number of carbonyl (C=O) groups is 1. The highest BCUT2D eigenvalue weighted by molar-refractivity contribution is 9.10. The van der Waals surface area contributed by atoms with Gasteiger partial charge in [-0.25, -0.2) is 0 Å². The summed E-state index contributed by atoms with van der Waals surface area (Å²) in [5.41, 5.74) is -0.839. The molecule has 0 aliphatic carbocycles. The van der Waals surface area contributed by atoms with Crippen LogP contribution in [0.2, 0.25) is 0 Å². The van der Waals surface area contributed by atoms with E-state index in [1.165, 1.54) is 12.1 Å². The Kier molecular flexibility index (Phi) is 5.22. The number of hydrogen-bond acceptors (Lipinski definition) is 2. The van der Waals surface area contributed by atoms with E-state index in [1.54, 1.807) is 13.8 Å². The van der Waals surface area contributed by atoms with Crippen molar-refractivity contribution in [1.82, 2.24) is 5.32 Å². The maximum atomic E-state index is 12.6. The van der Waals surface area contributed by atoms with Crippen molar-refractivity contribution in [1.29, 1.82) is 0 Å². The molecule has 0 saturated heterocycles. The van der Waals surface area contributed by atoms with Gasteiger partial charge in [0.1, 0.15) is 5.75 Å². The first-order valence-corrected chi connectivity index (χ1v) is 6.28. The summed E-state index contributed by atoms with van der Waals surface area (Å²) < 4.78 is 42.9. The molecule has 1 aromatic rings. The van der Waals surface area contributed by atoms with Crippen LogP contribution in [-0.4, -0.2) is 18.6 Å². The molecule has 0 aliphatic rings. The van der Waals surface area contributed by atoms with Gasteiger partial charge in [-0.2, -0.15) is 13.2 Å². The quantitative estimate of drug-likeness (QED) is 0.913. The summed E-state index contributed by atoms with van der Waals surface area (Å²) in [5.74, 6) is -0.388. The smallest absolute Gasteiger partial charge is 0.417 e. The molecule has 0 aromatic heterocycles. The number of halogens is 4. The van der Waals surface area contributed by atoms with Crippen LogP contribution in [-0.2, 0) is 11.0 Å². The number of nitrogens with one attached hydrogen (secondary N) is 1. The first-order valence-electron chi connectivity index (χ1n) is 5.49. The van der Waals surface area contributed by atoms with E-state index in [9.17, 15) is 18.0 Å². The van der Waals surface area contributed by atoms with Crippen LogP contribution in [0.5, 0.6) is 5.75 Å². The highest BCUT2D eigenvalue weighted by Gasteiger charge is 2.33. The zero-order valence-electron chi connectivity index (χ0n) is 10.3. The molecule has 7 heteroatoms.